The molecule has 3 fully saturated rings. The van der Waals surface area contributed by atoms with Crippen molar-refractivity contribution in [1.29, 1.82) is 0 Å². The summed E-state index contributed by atoms with van der Waals surface area (Å²) in [5.74, 6) is -0.571. The van der Waals surface area contributed by atoms with Gasteiger partial charge in [0.05, 0.1) is 0 Å². The van der Waals surface area contributed by atoms with Crippen molar-refractivity contribution in [1.82, 2.24) is 0 Å². The van der Waals surface area contributed by atoms with Crippen molar-refractivity contribution in [3.05, 3.63) is 35.4 Å². The molecule has 1 aromatic rings. The molecular formula is C11H9F2I. The lowest BCUT2D eigenvalue weighted by Crippen LogP contribution is -2.66. The van der Waals surface area contributed by atoms with E-state index in [1.54, 1.807) is 0 Å². The molecule has 0 N–H and O–H groups in total. The molecule has 0 unspecified atom stereocenters. The summed E-state index contributed by atoms with van der Waals surface area (Å²) in [7, 11) is 0. The van der Waals surface area contributed by atoms with Crippen molar-refractivity contribution < 1.29 is 8.78 Å². The predicted molar refractivity (Wildman–Crippen MR) is 58.6 cm³/mol. The lowest BCUT2D eigenvalue weighted by molar-refractivity contribution is 0.0185. The predicted octanol–water partition coefficient (Wildman–Crippen LogP) is 3.57. The maximum atomic E-state index is 13.5. The fraction of sp³-hybridized carbons (Fsp3) is 0.455. The molecule has 0 atom stereocenters. The Hall–Kier alpha value is -0.190. The maximum absolute atomic E-state index is 13.5. The van der Waals surface area contributed by atoms with Crippen LogP contribution >= 0.6 is 22.6 Å². The van der Waals surface area contributed by atoms with E-state index in [0.717, 1.165) is 19.3 Å². The molecule has 3 saturated carbocycles. The highest BCUT2D eigenvalue weighted by molar-refractivity contribution is 14.1. The minimum absolute atomic E-state index is 0.0205. The molecule has 3 aliphatic rings. The van der Waals surface area contributed by atoms with Gasteiger partial charge in [-0.2, -0.15) is 0 Å². The number of alkyl halides is 1. The van der Waals surface area contributed by atoms with Crippen LogP contribution in [0.15, 0.2) is 18.2 Å². The van der Waals surface area contributed by atoms with Crippen LogP contribution in [0.1, 0.15) is 24.8 Å². The minimum atomic E-state index is -0.325. The van der Waals surface area contributed by atoms with E-state index in [-0.39, 0.29) is 17.0 Å². The SMILES string of the molecule is Fc1ccc(F)c(C23CC(I)(C2)C3)c1. The van der Waals surface area contributed by atoms with E-state index >= 15 is 0 Å². The lowest BCUT2D eigenvalue weighted by atomic mass is 9.42. The second kappa shape index (κ2) is 2.49. The molecule has 0 spiro atoms. The Morgan fingerprint density at radius 1 is 1.14 bits per heavy atom. The number of benzene rings is 1. The van der Waals surface area contributed by atoms with Gasteiger partial charge in [0.1, 0.15) is 11.6 Å². The van der Waals surface area contributed by atoms with Crippen molar-refractivity contribution in [2.45, 2.75) is 28.1 Å². The van der Waals surface area contributed by atoms with Crippen LogP contribution in [-0.4, -0.2) is 3.42 Å². The molecule has 0 nitrogen and oxygen atoms in total. The second-order valence-corrected chi connectivity index (χ2v) is 6.87. The zero-order valence-electron chi connectivity index (χ0n) is 7.49. The fourth-order valence-electron chi connectivity index (χ4n) is 2.85. The van der Waals surface area contributed by atoms with Crippen LogP contribution < -0.4 is 0 Å². The van der Waals surface area contributed by atoms with Crippen molar-refractivity contribution in [2.75, 3.05) is 0 Å². The second-order valence-electron chi connectivity index (χ2n) is 4.59. The third-order valence-electron chi connectivity index (χ3n) is 3.47. The first-order valence-electron chi connectivity index (χ1n) is 4.68. The molecule has 4 rings (SSSR count). The van der Waals surface area contributed by atoms with Crippen LogP contribution in [0, 0.1) is 11.6 Å². The molecule has 0 aromatic heterocycles. The van der Waals surface area contributed by atoms with Crippen molar-refractivity contribution in [3.8, 4) is 0 Å². The lowest BCUT2D eigenvalue weighted by Gasteiger charge is -2.68. The Morgan fingerprint density at radius 3 is 2.36 bits per heavy atom. The summed E-state index contributed by atoms with van der Waals surface area (Å²) in [5.41, 5.74) is 0.573. The number of rotatable bonds is 1. The molecule has 2 bridgehead atoms. The van der Waals surface area contributed by atoms with Gasteiger partial charge in [0.15, 0.2) is 0 Å². The molecule has 0 aliphatic heterocycles. The van der Waals surface area contributed by atoms with Gasteiger partial charge in [-0.05, 0) is 43.0 Å². The van der Waals surface area contributed by atoms with Gasteiger partial charge in [-0.15, -0.1) is 0 Å². The molecule has 0 radical (unpaired) electrons. The topological polar surface area (TPSA) is 0 Å². The van der Waals surface area contributed by atoms with Crippen LogP contribution in [0.25, 0.3) is 0 Å². The third-order valence-corrected chi connectivity index (χ3v) is 4.61. The van der Waals surface area contributed by atoms with Gasteiger partial charge < -0.3 is 0 Å². The van der Waals surface area contributed by atoms with E-state index in [1.165, 1.54) is 18.2 Å². The Bertz CT molecular complexity index is 394. The average Bonchev–Trinajstić information content (AvgIpc) is 2.02. The number of hydrogen-bond donors (Lipinski definition) is 0. The number of hydrogen-bond acceptors (Lipinski definition) is 0. The summed E-state index contributed by atoms with van der Waals surface area (Å²) in [5, 5.41) is 0. The first kappa shape index (κ1) is 9.07. The molecule has 74 valence electrons. The zero-order valence-corrected chi connectivity index (χ0v) is 9.64. The molecule has 3 heteroatoms. The van der Waals surface area contributed by atoms with Gasteiger partial charge in [0.25, 0.3) is 0 Å². The summed E-state index contributed by atoms with van der Waals surface area (Å²) < 4.78 is 26.8. The first-order valence-corrected chi connectivity index (χ1v) is 5.76. The van der Waals surface area contributed by atoms with Crippen LogP contribution in [0.4, 0.5) is 8.78 Å². The number of halogens is 3. The smallest absolute Gasteiger partial charge is 0.127 e. The Balaban J connectivity index is 2.01. The molecule has 1 aromatic carbocycles. The normalized spacial score (nSPS) is 38.8. The highest BCUT2D eigenvalue weighted by atomic mass is 127. The van der Waals surface area contributed by atoms with E-state index in [9.17, 15) is 8.78 Å². The van der Waals surface area contributed by atoms with E-state index in [4.69, 9.17) is 0 Å². The summed E-state index contributed by atoms with van der Waals surface area (Å²) >= 11 is 2.43. The minimum Gasteiger partial charge on any atom is -0.207 e. The van der Waals surface area contributed by atoms with Crippen LogP contribution in [0.2, 0.25) is 0 Å². The van der Waals surface area contributed by atoms with Crippen LogP contribution in [-0.2, 0) is 5.41 Å². The Labute approximate surface area is 94.8 Å². The highest BCUT2D eigenvalue weighted by Gasteiger charge is 2.67. The van der Waals surface area contributed by atoms with Crippen LogP contribution in [0.3, 0.4) is 0 Å². The molecule has 14 heavy (non-hydrogen) atoms. The zero-order chi connectivity index (χ0) is 9.97. The van der Waals surface area contributed by atoms with Crippen molar-refractivity contribution in [2.24, 2.45) is 0 Å². The highest BCUT2D eigenvalue weighted by Crippen LogP contribution is 2.72. The van der Waals surface area contributed by atoms with Gasteiger partial charge in [-0.25, -0.2) is 8.78 Å². The molecular weight excluding hydrogens is 297 g/mol. The largest absolute Gasteiger partial charge is 0.207 e. The van der Waals surface area contributed by atoms with E-state index in [2.05, 4.69) is 22.6 Å². The molecule has 0 amide bonds. The van der Waals surface area contributed by atoms with Gasteiger partial charge >= 0.3 is 0 Å². The Morgan fingerprint density at radius 2 is 1.79 bits per heavy atom. The van der Waals surface area contributed by atoms with Gasteiger partial charge in [0, 0.05) is 8.84 Å². The summed E-state index contributed by atoms with van der Waals surface area (Å²) in [6, 6.07) is 3.79. The first-order chi connectivity index (χ1) is 6.53. The molecule has 0 heterocycles. The fourth-order valence-corrected chi connectivity index (χ4v) is 5.04. The average molecular weight is 306 g/mol. The van der Waals surface area contributed by atoms with E-state index < -0.39 is 0 Å². The summed E-state index contributed by atoms with van der Waals surface area (Å²) in [6.07, 6.45) is 3.04. The van der Waals surface area contributed by atoms with Gasteiger partial charge in [-0.1, -0.05) is 22.6 Å². The molecule has 0 saturated heterocycles. The molecule has 3 aliphatic carbocycles. The van der Waals surface area contributed by atoms with Crippen molar-refractivity contribution >= 4 is 22.6 Å². The monoisotopic (exact) mass is 306 g/mol. The van der Waals surface area contributed by atoms with E-state index in [0.29, 0.717) is 8.99 Å². The van der Waals surface area contributed by atoms with Gasteiger partial charge in [0.2, 0.25) is 0 Å². The quantitative estimate of drug-likeness (QED) is 0.549. The van der Waals surface area contributed by atoms with E-state index in [1.807, 2.05) is 0 Å². The standard InChI is InChI=1S/C11H9F2I/c12-7-1-2-9(13)8(3-7)10-4-11(14,5-10)6-10/h1-3H,4-6H2. The maximum Gasteiger partial charge on any atom is 0.127 e. The van der Waals surface area contributed by atoms with Gasteiger partial charge in [-0.3, -0.25) is 0 Å². The van der Waals surface area contributed by atoms with Crippen LogP contribution in [0.5, 0.6) is 0 Å². The Kier molecular flexibility index (Phi) is 1.61. The third kappa shape index (κ3) is 1.02. The summed E-state index contributed by atoms with van der Waals surface area (Å²) in [4.78, 5) is 0. The summed E-state index contributed by atoms with van der Waals surface area (Å²) in [6.45, 7) is 0. The van der Waals surface area contributed by atoms with Crippen molar-refractivity contribution in [3.63, 3.8) is 0 Å².